The summed E-state index contributed by atoms with van der Waals surface area (Å²) < 4.78 is 11.0. The number of carbonyl (C=O) groups is 1. The van der Waals surface area contributed by atoms with Crippen LogP contribution in [0.15, 0.2) is 30.5 Å². The first-order valence-corrected chi connectivity index (χ1v) is 11.2. The van der Waals surface area contributed by atoms with Gasteiger partial charge in [0.25, 0.3) is 0 Å². The number of pyridine rings is 1. The average molecular weight is 444 g/mol. The lowest BCUT2D eigenvalue weighted by molar-refractivity contribution is 0.0224. The molecule has 6 nitrogen and oxygen atoms in total. The van der Waals surface area contributed by atoms with Gasteiger partial charge in [0.15, 0.2) is 0 Å². The van der Waals surface area contributed by atoms with E-state index >= 15 is 0 Å². The fourth-order valence-electron chi connectivity index (χ4n) is 4.51. The fourth-order valence-corrected chi connectivity index (χ4v) is 4.76. The normalized spacial score (nSPS) is 18.7. The van der Waals surface area contributed by atoms with E-state index in [2.05, 4.69) is 16.0 Å². The zero-order valence-corrected chi connectivity index (χ0v) is 19.4. The second kappa shape index (κ2) is 8.58. The highest BCUT2D eigenvalue weighted by Crippen LogP contribution is 2.40. The molecule has 1 unspecified atom stereocenters. The molecule has 0 radical (unpaired) electrons. The van der Waals surface area contributed by atoms with Gasteiger partial charge in [-0.25, -0.2) is 9.78 Å². The highest BCUT2D eigenvalue weighted by atomic mass is 35.5. The number of methoxy groups -OCH3 is 1. The van der Waals surface area contributed by atoms with Crippen molar-refractivity contribution in [2.75, 3.05) is 25.1 Å². The second-order valence-corrected chi connectivity index (χ2v) is 9.63. The van der Waals surface area contributed by atoms with Crippen molar-refractivity contribution in [3.05, 3.63) is 52.2 Å². The van der Waals surface area contributed by atoms with Crippen LogP contribution in [0.4, 0.5) is 10.5 Å². The van der Waals surface area contributed by atoms with Crippen molar-refractivity contribution in [2.45, 2.75) is 58.2 Å². The van der Waals surface area contributed by atoms with E-state index in [9.17, 15) is 4.79 Å². The van der Waals surface area contributed by atoms with Crippen LogP contribution >= 0.6 is 11.6 Å². The maximum absolute atomic E-state index is 12.9. The standard InChI is InChI=1S/C24H30ClN3O3/c1-24(2,3)31-23(29)28-10-5-6-21(28)19-13-17(25)12-16-8-11-27(15-20(16)19)18-7-9-26-22(14-18)30-4/h7,9,12-14,21H,5-6,8,10-11,15H2,1-4H3. The molecule has 1 atom stereocenters. The quantitative estimate of drug-likeness (QED) is 0.637. The van der Waals surface area contributed by atoms with Crippen LogP contribution in [0.3, 0.4) is 0 Å². The van der Waals surface area contributed by atoms with Crippen LogP contribution in [0.1, 0.15) is 56.3 Å². The van der Waals surface area contributed by atoms with Crippen LogP contribution in [-0.2, 0) is 17.7 Å². The fraction of sp³-hybridized carbons (Fsp3) is 0.500. The van der Waals surface area contributed by atoms with Crippen molar-refractivity contribution in [1.29, 1.82) is 0 Å². The van der Waals surface area contributed by atoms with Gasteiger partial charge in [-0.05, 0) is 74.9 Å². The van der Waals surface area contributed by atoms with Crippen molar-refractivity contribution in [3.8, 4) is 5.88 Å². The zero-order valence-electron chi connectivity index (χ0n) is 18.7. The molecule has 2 aliphatic heterocycles. The van der Waals surface area contributed by atoms with Gasteiger partial charge in [-0.1, -0.05) is 11.6 Å². The van der Waals surface area contributed by atoms with Crippen molar-refractivity contribution < 1.29 is 14.3 Å². The van der Waals surface area contributed by atoms with Gasteiger partial charge in [0.2, 0.25) is 5.88 Å². The van der Waals surface area contributed by atoms with E-state index in [1.54, 1.807) is 13.3 Å². The molecule has 1 saturated heterocycles. The van der Waals surface area contributed by atoms with Gasteiger partial charge in [-0.3, -0.25) is 0 Å². The molecule has 31 heavy (non-hydrogen) atoms. The molecular formula is C24H30ClN3O3. The highest BCUT2D eigenvalue weighted by molar-refractivity contribution is 6.30. The minimum atomic E-state index is -0.519. The Morgan fingerprint density at radius 1 is 1.23 bits per heavy atom. The molecule has 1 fully saturated rings. The second-order valence-electron chi connectivity index (χ2n) is 9.19. The van der Waals surface area contributed by atoms with Gasteiger partial charge in [0, 0.05) is 42.6 Å². The maximum atomic E-state index is 12.9. The smallest absolute Gasteiger partial charge is 0.410 e. The topological polar surface area (TPSA) is 54.9 Å². The molecule has 0 N–H and O–H groups in total. The summed E-state index contributed by atoms with van der Waals surface area (Å²) in [4.78, 5) is 21.3. The summed E-state index contributed by atoms with van der Waals surface area (Å²) in [5, 5.41) is 0.726. The third-order valence-electron chi connectivity index (χ3n) is 5.87. The molecule has 166 valence electrons. The number of halogens is 1. The number of hydrogen-bond acceptors (Lipinski definition) is 5. The molecule has 1 aromatic heterocycles. The van der Waals surface area contributed by atoms with E-state index in [0.717, 1.165) is 48.6 Å². The minimum absolute atomic E-state index is 0.0192. The first-order chi connectivity index (χ1) is 14.7. The molecule has 2 aromatic rings. The lowest BCUT2D eigenvalue weighted by Crippen LogP contribution is -2.37. The Morgan fingerprint density at radius 2 is 2.03 bits per heavy atom. The molecule has 0 aliphatic carbocycles. The van der Waals surface area contributed by atoms with E-state index in [4.69, 9.17) is 21.1 Å². The van der Waals surface area contributed by atoms with E-state index in [1.807, 2.05) is 43.9 Å². The van der Waals surface area contributed by atoms with E-state index in [0.29, 0.717) is 12.4 Å². The number of benzene rings is 1. The largest absolute Gasteiger partial charge is 0.481 e. The molecule has 7 heteroatoms. The molecule has 1 aromatic carbocycles. The predicted octanol–water partition coefficient (Wildman–Crippen LogP) is 5.38. The summed E-state index contributed by atoms with van der Waals surface area (Å²) in [7, 11) is 1.63. The van der Waals surface area contributed by atoms with Gasteiger partial charge in [-0.15, -0.1) is 0 Å². The number of fused-ring (bicyclic) bond motifs is 1. The number of ether oxygens (including phenoxy) is 2. The number of rotatable bonds is 3. The Morgan fingerprint density at radius 3 is 2.77 bits per heavy atom. The number of carbonyl (C=O) groups excluding carboxylic acids is 1. The van der Waals surface area contributed by atoms with Crippen molar-refractivity contribution in [3.63, 3.8) is 0 Å². The van der Waals surface area contributed by atoms with Crippen molar-refractivity contribution >= 4 is 23.4 Å². The van der Waals surface area contributed by atoms with Crippen LogP contribution in [0.2, 0.25) is 5.02 Å². The number of amides is 1. The third kappa shape index (κ3) is 4.74. The first-order valence-electron chi connectivity index (χ1n) is 10.8. The SMILES string of the molecule is COc1cc(N2CCc3cc(Cl)cc(C4CCCN4C(=O)OC(C)(C)C)c3C2)ccn1. The Balaban J connectivity index is 1.66. The maximum Gasteiger partial charge on any atom is 0.410 e. The van der Waals surface area contributed by atoms with E-state index in [1.165, 1.54) is 11.1 Å². The summed E-state index contributed by atoms with van der Waals surface area (Å²) in [6, 6.07) is 8.05. The molecule has 4 rings (SSSR count). The van der Waals surface area contributed by atoms with Crippen LogP contribution in [0, 0.1) is 0 Å². The third-order valence-corrected chi connectivity index (χ3v) is 6.09. The first kappa shape index (κ1) is 21.8. The zero-order chi connectivity index (χ0) is 22.2. The summed E-state index contributed by atoms with van der Waals surface area (Å²) in [6.07, 6.45) is 4.28. The Bertz CT molecular complexity index is 973. The number of likely N-dealkylation sites (tertiary alicyclic amines) is 1. The molecule has 0 saturated carbocycles. The van der Waals surface area contributed by atoms with Gasteiger partial charge >= 0.3 is 6.09 Å². The summed E-state index contributed by atoms with van der Waals surface area (Å²) in [6.45, 7) is 8.05. The molecule has 0 bridgehead atoms. The number of hydrogen-bond donors (Lipinski definition) is 0. The van der Waals surface area contributed by atoms with Gasteiger partial charge in [0.1, 0.15) is 5.60 Å². The number of aromatic nitrogens is 1. The monoisotopic (exact) mass is 443 g/mol. The van der Waals surface area contributed by atoms with E-state index in [-0.39, 0.29) is 12.1 Å². The van der Waals surface area contributed by atoms with Crippen LogP contribution < -0.4 is 9.64 Å². The number of anilines is 1. The Labute approximate surface area is 189 Å². The van der Waals surface area contributed by atoms with Gasteiger partial charge in [0.05, 0.1) is 13.2 Å². The number of nitrogens with zero attached hydrogens (tertiary/aromatic N) is 3. The van der Waals surface area contributed by atoms with Crippen molar-refractivity contribution in [1.82, 2.24) is 9.88 Å². The lowest BCUT2D eigenvalue weighted by Gasteiger charge is -2.35. The predicted molar refractivity (Wildman–Crippen MR) is 122 cm³/mol. The van der Waals surface area contributed by atoms with Crippen molar-refractivity contribution in [2.24, 2.45) is 0 Å². The molecule has 0 spiro atoms. The molecule has 2 aliphatic rings. The minimum Gasteiger partial charge on any atom is -0.481 e. The Hall–Kier alpha value is -2.47. The van der Waals surface area contributed by atoms with Crippen LogP contribution in [0.25, 0.3) is 0 Å². The van der Waals surface area contributed by atoms with Crippen LogP contribution in [-0.4, -0.2) is 41.8 Å². The Kier molecular flexibility index (Phi) is 6.02. The van der Waals surface area contributed by atoms with Gasteiger partial charge in [-0.2, -0.15) is 0 Å². The average Bonchev–Trinajstić information content (AvgIpc) is 3.21. The highest BCUT2D eigenvalue weighted by Gasteiger charge is 2.35. The van der Waals surface area contributed by atoms with Gasteiger partial charge < -0.3 is 19.3 Å². The molecule has 1 amide bonds. The molecular weight excluding hydrogens is 414 g/mol. The van der Waals surface area contributed by atoms with Crippen LogP contribution in [0.5, 0.6) is 5.88 Å². The lowest BCUT2D eigenvalue weighted by atomic mass is 9.90. The molecule has 3 heterocycles. The van der Waals surface area contributed by atoms with E-state index < -0.39 is 5.60 Å². The summed E-state index contributed by atoms with van der Waals surface area (Å²) >= 11 is 6.51. The summed E-state index contributed by atoms with van der Waals surface area (Å²) in [5.74, 6) is 0.603. The summed E-state index contributed by atoms with van der Waals surface area (Å²) in [5.41, 5.74) is 4.21.